The maximum atomic E-state index is 13.0. The maximum Gasteiger partial charge on any atom is 0.418 e. The third kappa shape index (κ3) is 3.87. The number of nitrogens with zero attached hydrogens (tertiary/aromatic N) is 1. The van der Waals surface area contributed by atoms with Crippen LogP contribution in [0.25, 0.3) is 0 Å². The summed E-state index contributed by atoms with van der Waals surface area (Å²) in [5, 5.41) is 0. The van der Waals surface area contributed by atoms with Gasteiger partial charge in [0.05, 0.1) is 16.8 Å². The molecule has 118 valence electrons. The average Bonchev–Trinajstić information content (AvgIpc) is 2.41. The molecule has 0 unspecified atom stereocenters. The molecule has 1 aromatic rings. The van der Waals surface area contributed by atoms with Crippen LogP contribution in [0.3, 0.4) is 0 Å². The fourth-order valence-corrected chi connectivity index (χ4v) is 2.11. The van der Waals surface area contributed by atoms with Crippen molar-refractivity contribution in [1.82, 2.24) is 4.90 Å². The van der Waals surface area contributed by atoms with E-state index in [9.17, 15) is 18.0 Å². The highest BCUT2D eigenvalue weighted by atomic mass is 19.4. The fraction of sp³-hybridized carbons (Fsp3) is 0.500. The van der Waals surface area contributed by atoms with Crippen molar-refractivity contribution in [3.05, 3.63) is 29.3 Å². The van der Waals surface area contributed by atoms with Crippen LogP contribution in [0.5, 0.6) is 0 Å². The number of para-hydroxylation sites is 1. The van der Waals surface area contributed by atoms with Crippen LogP contribution in [0.15, 0.2) is 18.2 Å². The first-order chi connectivity index (χ1) is 9.73. The van der Waals surface area contributed by atoms with E-state index in [1.807, 2.05) is 26.2 Å². The molecule has 0 spiro atoms. The molecule has 0 aliphatic heterocycles. The lowest BCUT2D eigenvalue weighted by Crippen LogP contribution is -2.38. The molecule has 0 aliphatic carbocycles. The van der Waals surface area contributed by atoms with Gasteiger partial charge in [-0.05, 0) is 32.4 Å². The minimum Gasteiger partial charge on any atom is -0.336 e. The van der Waals surface area contributed by atoms with E-state index >= 15 is 0 Å². The number of hydrazine groups is 1. The zero-order valence-electron chi connectivity index (χ0n) is 12.3. The molecule has 0 bridgehead atoms. The number of carbonyl (C=O) groups excluding carboxylic acids is 1. The number of halogens is 3. The lowest BCUT2D eigenvalue weighted by Gasteiger charge is -2.27. The van der Waals surface area contributed by atoms with Crippen molar-refractivity contribution in [3.63, 3.8) is 0 Å². The summed E-state index contributed by atoms with van der Waals surface area (Å²) < 4.78 is 38.9. The maximum absolute atomic E-state index is 13.0. The van der Waals surface area contributed by atoms with Crippen molar-refractivity contribution in [2.24, 2.45) is 5.84 Å². The molecule has 0 aromatic heterocycles. The Morgan fingerprint density at radius 3 is 2.43 bits per heavy atom. The Kier molecular flexibility index (Phi) is 5.60. The number of nitrogens with two attached hydrogens (primary N) is 1. The van der Waals surface area contributed by atoms with E-state index in [0.717, 1.165) is 6.07 Å². The van der Waals surface area contributed by atoms with Gasteiger partial charge in [0.25, 0.3) is 5.91 Å². The minimum atomic E-state index is -4.58. The number of nitrogen functional groups attached to an aromatic ring is 1. The fourth-order valence-electron chi connectivity index (χ4n) is 2.11. The Bertz CT molecular complexity index is 501. The monoisotopic (exact) mass is 303 g/mol. The number of nitrogens with one attached hydrogen (secondary N) is 1. The number of alkyl halides is 3. The highest BCUT2D eigenvalue weighted by Crippen LogP contribution is 2.36. The molecule has 4 nitrogen and oxygen atoms in total. The number of carbonyl (C=O) groups is 1. The molecular formula is C14H20F3N3O. The van der Waals surface area contributed by atoms with Gasteiger partial charge in [0.15, 0.2) is 0 Å². The SMILES string of the molecule is CCCN(C(=O)c1cccc(C(F)(F)F)c1NN)C(C)C. The molecule has 0 saturated carbocycles. The third-order valence-electron chi connectivity index (χ3n) is 3.09. The molecule has 21 heavy (non-hydrogen) atoms. The van der Waals surface area contributed by atoms with Gasteiger partial charge in [-0.15, -0.1) is 0 Å². The first-order valence-corrected chi connectivity index (χ1v) is 6.71. The molecule has 0 radical (unpaired) electrons. The molecule has 3 N–H and O–H groups in total. The summed E-state index contributed by atoms with van der Waals surface area (Å²) in [5.74, 6) is 4.75. The number of anilines is 1. The van der Waals surface area contributed by atoms with Gasteiger partial charge in [0, 0.05) is 12.6 Å². The Labute approximate surface area is 122 Å². The van der Waals surface area contributed by atoms with Crippen LogP contribution in [-0.2, 0) is 6.18 Å². The van der Waals surface area contributed by atoms with Crippen molar-refractivity contribution < 1.29 is 18.0 Å². The van der Waals surface area contributed by atoms with Crippen molar-refractivity contribution in [1.29, 1.82) is 0 Å². The first kappa shape index (κ1) is 17.3. The summed E-state index contributed by atoms with van der Waals surface area (Å²) in [6.45, 7) is 6.00. The molecule has 1 rings (SSSR count). The lowest BCUT2D eigenvalue weighted by molar-refractivity contribution is -0.137. The molecule has 0 heterocycles. The minimum absolute atomic E-state index is 0.0746. The second-order valence-electron chi connectivity index (χ2n) is 4.96. The van der Waals surface area contributed by atoms with Gasteiger partial charge in [-0.25, -0.2) is 0 Å². The number of amides is 1. The predicted octanol–water partition coefficient (Wildman–Crippen LogP) is 3.25. The smallest absolute Gasteiger partial charge is 0.336 e. The van der Waals surface area contributed by atoms with Crippen LogP contribution < -0.4 is 11.3 Å². The summed E-state index contributed by atoms with van der Waals surface area (Å²) in [7, 11) is 0. The largest absolute Gasteiger partial charge is 0.418 e. The Morgan fingerprint density at radius 2 is 2.00 bits per heavy atom. The first-order valence-electron chi connectivity index (χ1n) is 6.71. The Morgan fingerprint density at radius 1 is 1.38 bits per heavy atom. The van der Waals surface area contributed by atoms with Crippen molar-refractivity contribution in [2.45, 2.75) is 39.4 Å². The number of rotatable bonds is 5. The molecule has 0 fully saturated rings. The van der Waals surface area contributed by atoms with Gasteiger partial charge >= 0.3 is 6.18 Å². The average molecular weight is 303 g/mol. The van der Waals surface area contributed by atoms with Gasteiger partial charge in [-0.1, -0.05) is 13.0 Å². The van der Waals surface area contributed by atoms with E-state index in [0.29, 0.717) is 13.0 Å². The molecule has 0 saturated heterocycles. The van der Waals surface area contributed by atoms with Crippen LogP contribution in [0.4, 0.5) is 18.9 Å². The van der Waals surface area contributed by atoms with Gasteiger partial charge < -0.3 is 10.3 Å². The highest BCUT2D eigenvalue weighted by Gasteiger charge is 2.35. The quantitative estimate of drug-likeness (QED) is 0.648. The zero-order valence-corrected chi connectivity index (χ0v) is 12.3. The second-order valence-corrected chi connectivity index (χ2v) is 4.96. The third-order valence-corrected chi connectivity index (χ3v) is 3.09. The van der Waals surface area contributed by atoms with Gasteiger partial charge in [0.2, 0.25) is 0 Å². The Balaban J connectivity index is 3.33. The molecule has 1 amide bonds. The van der Waals surface area contributed by atoms with E-state index < -0.39 is 23.3 Å². The number of hydrogen-bond acceptors (Lipinski definition) is 3. The summed E-state index contributed by atoms with van der Waals surface area (Å²) in [6, 6.07) is 3.34. The van der Waals surface area contributed by atoms with Crippen molar-refractivity contribution >= 4 is 11.6 Å². The Hall–Kier alpha value is -1.76. The van der Waals surface area contributed by atoms with Gasteiger partial charge in [-0.2, -0.15) is 13.2 Å². The number of hydrogen-bond donors (Lipinski definition) is 2. The highest BCUT2D eigenvalue weighted by molar-refractivity contribution is 6.00. The molecule has 0 atom stereocenters. The summed E-state index contributed by atoms with van der Waals surface area (Å²) in [4.78, 5) is 14.0. The van der Waals surface area contributed by atoms with E-state index in [4.69, 9.17) is 5.84 Å². The number of benzene rings is 1. The molecule has 7 heteroatoms. The normalized spacial score (nSPS) is 11.6. The van der Waals surface area contributed by atoms with E-state index in [-0.39, 0.29) is 11.6 Å². The lowest BCUT2D eigenvalue weighted by atomic mass is 10.0. The predicted molar refractivity (Wildman–Crippen MR) is 75.7 cm³/mol. The zero-order chi connectivity index (χ0) is 16.2. The molecule has 0 aliphatic rings. The van der Waals surface area contributed by atoms with E-state index in [1.165, 1.54) is 17.0 Å². The topological polar surface area (TPSA) is 58.4 Å². The van der Waals surface area contributed by atoms with Crippen molar-refractivity contribution in [2.75, 3.05) is 12.0 Å². The van der Waals surface area contributed by atoms with Crippen molar-refractivity contribution in [3.8, 4) is 0 Å². The summed E-state index contributed by atoms with van der Waals surface area (Å²) in [5.41, 5.74) is 0.605. The summed E-state index contributed by atoms with van der Waals surface area (Å²) >= 11 is 0. The molecule has 1 aromatic carbocycles. The van der Waals surface area contributed by atoms with Crippen LogP contribution in [0.2, 0.25) is 0 Å². The van der Waals surface area contributed by atoms with Crippen LogP contribution in [0, 0.1) is 0 Å². The van der Waals surface area contributed by atoms with Gasteiger partial charge in [-0.3, -0.25) is 10.6 Å². The van der Waals surface area contributed by atoms with Crippen LogP contribution in [-0.4, -0.2) is 23.4 Å². The van der Waals surface area contributed by atoms with E-state index in [2.05, 4.69) is 0 Å². The molecular weight excluding hydrogens is 283 g/mol. The van der Waals surface area contributed by atoms with Gasteiger partial charge in [0.1, 0.15) is 0 Å². The van der Waals surface area contributed by atoms with Crippen LogP contribution >= 0.6 is 0 Å². The van der Waals surface area contributed by atoms with Crippen LogP contribution in [0.1, 0.15) is 43.1 Å². The van der Waals surface area contributed by atoms with E-state index in [1.54, 1.807) is 0 Å². The second kappa shape index (κ2) is 6.80. The summed E-state index contributed by atoms with van der Waals surface area (Å²) in [6.07, 6.45) is -3.86. The standard InChI is InChI=1S/C14H20F3N3O/c1-4-8-20(9(2)3)13(21)10-6-5-7-11(12(10)19-18)14(15,16)17/h5-7,9,19H,4,8,18H2,1-3H3.